The van der Waals surface area contributed by atoms with Crippen LogP contribution < -0.4 is 4.18 Å². The van der Waals surface area contributed by atoms with Crippen molar-refractivity contribution in [1.29, 1.82) is 0 Å². The fourth-order valence-electron chi connectivity index (χ4n) is 1.51. The quantitative estimate of drug-likeness (QED) is 0.480. The average molecular weight is 350 g/mol. The fraction of sp³-hybridized carbons (Fsp3) is 0. The lowest BCUT2D eigenvalue weighted by Gasteiger charge is -2.09. The van der Waals surface area contributed by atoms with E-state index < -0.39 is 37.3 Å². The van der Waals surface area contributed by atoms with E-state index in [4.69, 9.17) is 11.6 Å². The highest BCUT2D eigenvalue weighted by Gasteiger charge is 2.23. The molecule has 0 atom stereocenters. The zero-order chi connectivity index (χ0) is 16.5. The molecular formula is C12H6ClF2NO5S. The molecule has 0 saturated heterocycles. The Morgan fingerprint density at radius 3 is 2.36 bits per heavy atom. The van der Waals surface area contributed by atoms with E-state index in [9.17, 15) is 27.3 Å². The van der Waals surface area contributed by atoms with Gasteiger partial charge in [0.2, 0.25) is 0 Å². The Hall–Kier alpha value is -2.26. The normalized spacial score (nSPS) is 11.2. The van der Waals surface area contributed by atoms with Crippen LogP contribution in [0.5, 0.6) is 5.75 Å². The number of nitro groups is 1. The van der Waals surface area contributed by atoms with Crippen molar-refractivity contribution in [2.45, 2.75) is 4.90 Å². The molecule has 0 heterocycles. The molecule has 2 aromatic rings. The Labute approximate surface area is 128 Å². The smallest absolute Gasteiger partial charge is 0.342 e. The van der Waals surface area contributed by atoms with Gasteiger partial charge < -0.3 is 4.18 Å². The molecule has 0 amide bonds. The summed E-state index contributed by atoms with van der Waals surface area (Å²) in [7, 11) is -4.61. The molecule has 116 valence electrons. The lowest BCUT2D eigenvalue weighted by Crippen LogP contribution is -2.12. The summed E-state index contributed by atoms with van der Waals surface area (Å²) in [5, 5.41) is 10.2. The van der Waals surface area contributed by atoms with Crippen LogP contribution in [0.2, 0.25) is 5.02 Å². The van der Waals surface area contributed by atoms with Crippen LogP contribution in [0.4, 0.5) is 14.5 Å². The molecule has 0 bridgehead atoms. The highest BCUT2D eigenvalue weighted by Crippen LogP contribution is 2.31. The van der Waals surface area contributed by atoms with Crippen molar-refractivity contribution in [1.82, 2.24) is 0 Å². The van der Waals surface area contributed by atoms with Gasteiger partial charge >= 0.3 is 10.1 Å². The molecule has 0 aliphatic carbocycles. The molecule has 2 aromatic carbocycles. The van der Waals surface area contributed by atoms with E-state index in [2.05, 4.69) is 4.18 Å². The maximum atomic E-state index is 13.5. The number of non-ortho nitro benzene ring substituents is 1. The molecular weight excluding hydrogens is 344 g/mol. The van der Waals surface area contributed by atoms with Crippen molar-refractivity contribution in [2.75, 3.05) is 0 Å². The topological polar surface area (TPSA) is 86.5 Å². The highest BCUT2D eigenvalue weighted by molar-refractivity contribution is 7.87. The highest BCUT2D eigenvalue weighted by atomic mass is 35.5. The summed E-state index contributed by atoms with van der Waals surface area (Å²) in [6, 6.07) is 4.63. The van der Waals surface area contributed by atoms with Crippen LogP contribution in [0.3, 0.4) is 0 Å². The first-order chi connectivity index (χ1) is 10.2. The third-order valence-electron chi connectivity index (χ3n) is 2.49. The number of hydrogen-bond donors (Lipinski definition) is 0. The molecule has 10 heteroatoms. The van der Waals surface area contributed by atoms with Gasteiger partial charge in [-0.2, -0.15) is 8.42 Å². The molecule has 6 nitrogen and oxygen atoms in total. The van der Waals surface area contributed by atoms with Crippen LogP contribution in [0.25, 0.3) is 0 Å². The Morgan fingerprint density at radius 1 is 1.14 bits per heavy atom. The summed E-state index contributed by atoms with van der Waals surface area (Å²) in [6.45, 7) is 0. The maximum Gasteiger partial charge on any atom is 0.342 e. The lowest BCUT2D eigenvalue weighted by atomic mass is 10.3. The molecule has 0 saturated carbocycles. The minimum absolute atomic E-state index is 0.347. The minimum atomic E-state index is -4.61. The lowest BCUT2D eigenvalue weighted by molar-refractivity contribution is -0.384. The van der Waals surface area contributed by atoms with Gasteiger partial charge in [0.15, 0.2) is 5.75 Å². The van der Waals surface area contributed by atoms with Crippen LogP contribution in [-0.2, 0) is 10.1 Å². The molecule has 0 aromatic heterocycles. The molecule has 0 N–H and O–H groups in total. The Kier molecular flexibility index (Phi) is 4.29. The van der Waals surface area contributed by atoms with Gasteiger partial charge in [-0.05, 0) is 18.2 Å². The fourth-order valence-corrected chi connectivity index (χ4v) is 2.78. The first kappa shape index (κ1) is 16.1. The monoisotopic (exact) mass is 349 g/mol. The van der Waals surface area contributed by atoms with Crippen molar-refractivity contribution in [3.8, 4) is 5.75 Å². The number of nitro benzene ring substituents is 1. The summed E-state index contributed by atoms with van der Waals surface area (Å²) in [4.78, 5) is 8.93. The predicted octanol–water partition coefficient (Wildman–Crippen LogP) is 3.29. The first-order valence-corrected chi connectivity index (χ1v) is 7.33. The van der Waals surface area contributed by atoms with Gasteiger partial charge in [-0.3, -0.25) is 10.1 Å². The molecule has 0 radical (unpaired) electrons. The van der Waals surface area contributed by atoms with E-state index in [0.717, 1.165) is 24.3 Å². The van der Waals surface area contributed by atoms with E-state index in [1.807, 2.05) is 0 Å². The second-order valence-corrected chi connectivity index (χ2v) is 5.91. The van der Waals surface area contributed by atoms with Gasteiger partial charge in [-0.25, -0.2) is 8.78 Å². The molecule has 22 heavy (non-hydrogen) atoms. The summed E-state index contributed by atoms with van der Waals surface area (Å²) in [5.74, 6) is -2.71. The number of halogens is 3. The summed E-state index contributed by atoms with van der Waals surface area (Å²) in [5.41, 5.74) is -0.372. The number of rotatable bonds is 4. The van der Waals surface area contributed by atoms with Crippen molar-refractivity contribution in [3.63, 3.8) is 0 Å². The maximum absolute atomic E-state index is 13.5. The van der Waals surface area contributed by atoms with Crippen LogP contribution >= 0.6 is 11.6 Å². The standard InChI is InChI=1S/C12H6ClF2NO5S/c13-9-6-8(16(17)18)2-3-11(9)21-22(19,20)12-4-1-7(14)5-10(12)15/h1-6H. The van der Waals surface area contributed by atoms with E-state index in [1.165, 1.54) is 0 Å². The minimum Gasteiger partial charge on any atom is -0.377 e. The number of hydrogen-bond acceptors (Lipinski definition) is 5. The van der Waals surface area contributed by atoms with Gasteiger partial charge in [0, 0.05) is 18.2 Å². The number of benzene rings is 2. The van der Waals surface area contributed by atoms with Crippen LogP contribution in [0.15, 0.2) is 41.3 Å². The zero-order valence-electron chi connectivity index (χ0n) is 10.5. The molecule has 2 rings (SSSR count). The molecule has 0 unspecified atom stereocenters. The van der Waals surface area contributed by atoms with Crippen LogP contribution in [0.1, 0.15) is 0 Å². The largest absolute Gasteiger partial charge is 0.377 e. The van der Waals surface area contributed by atoms with Gasteiger partial charge in [0.05, 0.1) is 9.95 Å². The van der Waals surface area contributed by atoms with Gasteiger partial charge in [0.1, 0.15) is 16.5 Å². The SMILES string of the molecule is O=[N+]([O-])c1ccc(OS(=O)(=O)c2ccc(F)cc2F)c(Cl)c1. The first-order valence-electron chi connectivity index (χ1n) is 5.54. The Morgan fingerprint density at radius 2 is 1.82 bits per heavy atom. The van der Waals surface area contributed by atoms with E-state index >= 15 is 0 Å². The predicted molar refractivity (Wildman–Crippen MR) is 72.3 cm³/mol. The van der Waals surface area contributed by atoms with E-state index in [1.54, 1.807) is 0 Å². The van der Waals surface area contributed by atoms with Crippen LogP contribution in [-0.4, -0.2) is 13.3 Å². The van der Waals surface area contributed by atoms with Gasteiger partial charge in [0.25, 0.3) is 5.69 Å². The molecule has 0 spiro atoms. The molecule has 0 fully saturated rings. The summed E-state index contributed by atoms with van der Waals surface area (Å²) < 4.78 is 54.8. The van der Waals surface area contributed by atoms with Crippen molar-refractivity contribution >= 4 is 27.4 Å². The second-order valence-electron chi connectivity index (χ2n) is 3.98. The molecule has 0 aliphatic heterocycles. The second kappa shape index (κ2) is 5.85. The third kappa shape index (κ3) is 3.31. The Balaban J connectivity index is 2.39. The van der Waals surface area contributed by atoms with Crippen LogP contribution in [0, 0.1) is 21.7 Å². The molecule has 0 aliphatic rings. The van der Waals surface area contributed by atoms with Crippen molar-refractivity contribution in [2.24, 2.45) is 0 Å². The average Bonchev–Trinajstić information content (AvgIpc) is 2.40. The van der Waals surface area contributed by atoms with Gasteiger partial charge in [-0.1, -0.05) is 11.6 Å². The zero-order valence-corrected chi connectivity index (χ0v) is 12.1. The Bertz CT molecular complexity index is 857. The summed E-state index contributed by atoms with van der Waals surface area (Å²) >= 11 is 5.68. The number of nitrogens with zero attached hydrogens (tertiary/aromatic N) is 1. The third-order valence-corrected chi connectivity index (χ3v) is 4.05. The van der Waals surface area contributed by atoms with Gasteiger partial charge in [-0.15, -0.1) is 0 Å². The summed E-state index contributed by atoms with van der Waals surface area (Å²) in [6.07, 6.45) is 0. The van der Waals surface area contributed by atoms with E-state index in [-0.39, 0.29) is 10.7 Å². The van der Waals surface area contributed by atoms with E-state index in [0.29, 0.717) is 12.1 Å². The van der Waals surface area contributed by atoms with Crippen molar-refractivity contribution in [3.05, 3.63) is 63.2 Å². The van der Waals surface area contributed by atoms with Crippen molar-refractivity contribution < 1.29 is 26.3 Å².